The first-order valence-corrected chi connectivity index (χ1v) is 11.0. The minimum atomic E-state index is -1.01. The van der Waals surface area contributed by atoms with Gasteiger partial charge in [-0.3, -0.25) is 24.8 Å². The number of carbonyl (C=O) groups is 3. The van der Waals surface area contributed by atoms with Gasteiger partial charge in [-0.05, 0) is 36.6 Å². The van der Waals surface area contributed by atoms with E-state index >= 15 is 0 Å². The van der Waals surface area contributed by atoms with Gasteiger partial charge >= 0.3 is 0 Å². The number of amides is 3. The Kier molecular flexibility index (Phi) is 5.77. The van der Waals surface area contributed by atoms with Gasteiger partial charge in [-0.1, -0.05) is 30.3 Å². The van der Waals surface area contributed by atoms with Gasteiger partial charge in [0.15, 0.2) is 0 Å². The highest BCUT2D eigenvalue weighted by atomic mass is 16.2. The lowest BCUT2D eigenvalue weighted by Crippen LogP contribution is -2.43. The van der Waals surface area contributed by atoms with E-state index in [1.165, 1.54) is 10.9 Å². The number of benzene rings is 2. The van der Waals surface area contributed by atoms with Crippen LogP contribution in [0.4, 0.5) is 11.6 Å². The van der Waals surface area contributed by atoms with Gasteiger partial charge in [-0.15, -0.1) is 5.10 Å². The normalized spacial score (nSPS) is 15.4. The van der Waals surface area contributed by atoms with Crippen molar-refractivity contribution < 1.29 is 14.4 Å². The van der Waals surface area contributed by atoms with Crippen molar-refractivity contribution in [3.63, 3.8) is 0 Å². The van der Waals surface area contributed by atoms with Crippen LogP contribution in [0.25, 0.3) is 10.9 Å². The second-order valence-corrected chi connectivity index (χ2v) is 8.13. The molecule has 4 aromatic rings. The van der Waals surface area contributed by atoms with Crippen LogP contribution < -0.4 is 16.0 Å². The van der Waals surface area contributed by atoms with E-state index in [0.717, 1.165) is 18.4 Å². The minimum absolute atomic E-state index is 0.135. The number of para-hydroxylation sites is 2. The van der Waals surface area contributed by atoms with Crippen molar-refractivity contribution in [1.29, 1.82) is 0 Å². The molecule has 2 aromatic heterocycles. The van der Waals surface area contributed by atoms with Crippen LogP contribution in [-0.2, 0) is 22.4 Å². The third-order valence-corrected chi connectivity index (χ3v) is 5.76. The average Bonchev–Trinajstić information content (AvgIpc) is 3.43. The first kappa shape index (κ1) is 21.4. The lowest BCUT2D eigenvalue weighted by atomic mass is 10.1. The smallest absolute Gasteiger partial charge is 0.254 e. The summed E-state index contributed by atoms with van der Waals surface area (Å²) in [7, 11) is 0. The van der Waals surface area contributed by atoms with Crippen molar-refractivity contribution >= 4 is 40.3 Å². The molecule has 10 nitrogen and oxygen atoms in total. The van der Waals surface area contributed by atoms with Gasteiger partial charge in [-0.2, -0.15) is 4.98 Å². The minimum Gasteiger partial charge on any atom is -0.361 e. The molecule has 0 bridgehead atoms. The summed E-state index contributed by atoms with van der Waals surface area (Å²) in [6, 6.07) is 13.8. The molecule has 172 valence electrons. The predicted octanol–water partition coefficient (Wildman–Crippen LogP) is 2.54. The quantitative estimate of drug-likeness (QED) is 0.290. The third-order valence-electron chi connectivity index (χ3n) is 5.76. The van der Waals surface area contributed by atoms with E-state index in [2.05, 4.69) is 42.2 Å². The number of aryl methyl sites for hydroxylation is 2. The van der Waals surface area contributed by atoms with Crippen LogP contribution in [0, 0.1) is 0 Å². The molecule has 3 amide bonds. The van der Waals surface area contributed by atoms with Crippen molar-refractivity contribution in [3.8, 4) is 0 Å². The first-order valence-electron chi connectivity index (χ1n) is 11.0. The zero-order valence-electron chi connectivity index (χ0n) is 18.2. The highest BCUT2D eigenvalue weighted by Crippen LogP contribution is 2.20. The fourth-order valence-electron chi connectivity index (χ4n) is 4.06. The van der Waals surface area contributed by atoms with Gasteiger partial charge in [0.1, 0.15) is 11.9 Å². The zero-order valence-corrected chi connectivity index (χ0v) is 18.2. The van der Waals surface area contributed by atoms with E-state index in [9.17, 15) is 14.4 Å². The molecule has 34 heavy (non-hydrogen) atoms. The van der Waals surface area contributed by atoms with E-state index in [1.54, 1.807) is 24.3 Å². The first-order chi connectivity index (χ1) is 16.6. The summed E-state index contributed by atoms with van der Waals surface area (Å²) < 4.78 is 0. The number of aromatic amines is 2. The molecule has 1 aliphatic rings. The summed E-state index contributed by atoms with van der Waals surface area (Å²) in [6.45, 7) is 0. The number of hydrogen-bond acceptors (Lipinski definition) is 5. The second kappa shape index (κ2) is 9.18. The Balaban J connectivity index is 1.14. The van der Waals surface area contributed by atoms with E-state index in [1.807, 2.05) is 24.4 Å². The van der Waals surface area contributed by atoms with Crippen molar-refractivity contribution in [2.45, 2.75) is 31.7 Å². The molecule has 10 heteroatoms. The molecular formula is C24H23N7O3. The maximum atomic E-state index is 12.5. The molecule has 0 aliphatic carbocycles. The van der Waals surface area contributed by atoms with Crippen LogP contribution >= 0.6 is 0 Å². The van der Waals surface area contributed by atoms with E-state index in [4.69, 9.17) is 0 Å². The van der Waals surface area contributed by atoms with E-state index in [0.29, 0.717) is 23.5 Å². The van der Waals surface area contributed by atoms with Gasteiger partial charge in [0.25, 0.3) is 5.91 Å². The molecule has 0 radical (unpaired) electrons. The predicted molar refractivity (Wildman–Crippen MR) is 126 cm³/mol. The lowest BCUT2D eigenvalue weighted by molar-refractivity contribution is -0.122. The fraction of sp³-hybridized carbons (Fsp3) is 0.208. The molecule has 0 saturated carbocycles. The summed E-state index contributed by atoms with van der Waals surface area (Å²) in [5, 5.41) is 16.0. The maximum absolute atomic E-state index is 12.5. The summed E-state index contributed by atoms with van der Waals surface area (Å²) in [4.78, 5) is 44.9. The highest BCUT2D eigenvalue weighted by Gasteiger charge is 2.29. The van der Waals surface area contributed by atoms with E-state index in [-0.39, 0.29) is 12.4 Å². The van der Waals surface area contributed by atoms with Crippen molar-refractivity contribution in [2.75, 3.05) is 10.6 Å². The number of hydrogen-bond donors (Lipinski definition) is 5. The standard InChI is InChI=1S/C24H23N7O3/c32-21(12-19-23(34)26-18-10-4-2-8-16(18)22(33)27-19)29-24-28-20(30-31-24)11-5-6-14-13-25-17-9-3-1-7-15(14)17/h1-4,7-10,13,19,25H,5-6,11-12H2,(H,26,34)(H,27,33)(H2,28,29,30,31,32)/t19-/m0/s1. The van der Waals surface area contributed by atoms with Gasteiger partial charge in [0.05, 0.1) is 17.7 Å². The van der Waals surface area contributed by atoms with Crippen LogP contribution in [0.5, 0.6) is 0 Å². The van der Waals surface area contributed by atoms with Crippen molar-refractivity contribution in [2.24, 2.45) is 0 Å². The Morgan fingerprint density at radius 3 is 2.76 bits per heavy atom. The summed E-state index contributed by atoms with van der Waals surface area (Å²) in [5.41, 5.74) is 3.13. The number of nitrogens with zero attached hydrogens (tertiary/aromatic N) is 2. The molecule has 0 saturated heterocycles. The topological polar surface area (TPSA) is 145 Å². The Morgan fingerprint density at radius 2 is 1.85 bits per heavy atom. The second-order valence-electron chi connectivity index (χ2n) is 8.13. The largest absolute Gasteiger partial charge is 0.361 e. The number of fused-ring (bicyclic) bond motifs is 2. The Labute approximate surface area is 194 Å². The maximum Gasteiger partial charge on any atom is 0.254 e. The Morgan fingerprint density at radius 1 is 1.03 bits per heavy atom. The van der Waals surface area contributed by atoms with Gasteiger partial charge in [0.2, 0.25) is 17.8 Å². The highest BCUT2D eigenvalue weighted by molar-refractivity contribution is 6.11. The Hall–Kier alpha value is -4.47. The number of aromatic nitrogens is 4. The van der Waals surface area contributed by atoms with Crippen molar-refractivity contribution in [3.05, 3.63) is 71.7 Å². The van der Waals surface area contributed by atoms with Crippen LogP contribution in [0.15, 0.2) is 54.7 Å². The Bertz CT molecular complexity index is 1370. The molecule has 3 heterocycles. The SMILES string of the molecule is O=C(C[C@@H]1NC(=O)c2ccccc2NC1=O)Nc1n[nH]c(CCCc2c[nH]c3ccccc23)n1. The molecule has 1 atom stereocenters. The number of nitrogens with one attached hydrogen (secondary N) is 5. The van der Waals surface area contributed by atoms with Crippen LogP contribution in [-0.4, -0.2) is 43.9 Å². The van der Waals surface area contributed by atoms with E-state index < -0.39 is 23.8 Å². The molecule has 0 spiro atoms. The average molecular weight is 457 g/mol. The number of H-pyrrole nitrogens is 2. The summed E-state index contributed by atoms with van der Waals surface area (Å²) >= 11 is 0. The van der Waals surface area contributed by atoms with Gasteiger partial charge in [-0.25, -0.2) is 0 Å². The van der Waals surface area contributed by atoms with Crippen LogP contribution in [0.2, 0.25) is 0 Å². The lowest BCUT2D eigenvalue weighted by Gasteiger charge is -2.13. The molecule has 5 rings (SSSR count). The molecule has 0 fully saturated rings. The number of rotatable bonds is 7. The van der Waals surface area contributed by atoms with Gasteiger partial charge in [0, 0.05) is 23.5 Å². The number of carbonyl (C=O) groups excluding carboxylic acids is 3. The summed E-state index contributed by atoms with van der Waals surface area (Å²) in [5.74, 6) is -0.555. The van der Waals surface area contributed by atoms with Crippen LogP contribution in [0.3, 0.4) is 0 Å². The monoisotopic (exact) mass is 457 g/mol. The molecule has 5 N–H and O–H groups in total. The van der Waals surface area contributed by atoms with Gasteiger partial charge < -0.3 is 15.6 Å². The van der Waals surface area contributed by atoms with Crippen molar-refractivity contribution in [1.82, 2.24) is 25.5 Å². The summed E-state index contributed by atoms with van der Waals surface area (Å²) in [6.07, 6.45) is 4.19. The third kappa shape index (κ3) is 4.51. The molecule has 2 aromatic carbocycles. The molecular weight excluding hydrogens is 434 g/mol. The number of anilines is 2. The zero-order chi connectivity index (χ0) is 23.5. The van der Waals surface area contributed by atoms with Crippen LogP contribution in [0.1, 0.15) is 34.6 Å². The fourth-order valence-corrected chi connectivity index (χ4v) is 4.06. The molecule has 0 unspecified atom stereocenters. The molecule has 1 aliphatic heterocycles.